The van der Waals surface area contributed by atoms with E-state index in [4.69, 9.17) is 10.5 Å². The van der Waals surface area contributed by atoms with Crippen LogP contribution in [-0.2, 0) is 0 Å². The number of guanidine groups is 1. The molecule has 22 heavy (non-hydrogen) atoms. The minimum Gasteiger partial charge on any atom is -0.497 e. The van der Waals surface area contributed by atoms with E-state index in [1.807, 2.05) is 23.9 Å². The highest BCUT2D eigenvalue weighted by molar-refractivity contribution is 14.0. The average molecular weight is 435 g/mol. The van der Waals surface area contributed by atoms with Gasteiger partial charge in [-0.1, -0.05) is 19.1 Å². The number of hydrogen-bond donors (Lipinski definition) is 1. The van der Waals surface area contributed by atoms with Gasteiger partial charge in [0.2, 0.25) is 0 Å². The van der Waals surface area contributed by atoms with Gasteiger partial charge in [-0.25, -0.2) is 0 Å². The molecule has 0 amide bonds. The Kier molecular flexibility index (Phi) is 9.00. The van der Waals surface area contributed by atoms with Gasteiger partial charge in [0, 0.05) is 31.1 Å². The van der Waals surface area contributed by atoms with Crippen molar-refractivity contribution in [1.29, 1.82) is 0 Å². The average Bonchev–Trinajstić information content (AvgIpc) is 2.55. The van der Waals surface area contributed by atoms with E-state index in [1.54, 1.807) is 7.11 Å². The zero-order valence-corrected chi connectivity index (χ0v) is 16.5. The second-order valence-corrected chi connectivity index (χ2v) is 6.53. The van der Waals surface area contributed by atoms with Crippen molar-refractivity contribution in [3.8, 4) is 5.75 Å². The number of hydrogen-bond acceptors (Lipinski definition) is 3. The molecule has 1 aliphatic heterocycles. The molecule has 1 saturated heterocycles. The SMILES string of the molecule is COc1ccc(C(C)CCN=C(N)N2CCSCC2)cc1.I. The van der Waals surface area contributed by atoms with Crippen molar-refractivity contribution in [1.82, 2.24) is 4.90 Å². The second-order valence-electron chi connectivity index (χ2n) is 5.30. The maximum Gasteiger partial charge on any atom is 0.191 e. The Labute approximate surface area is 154 Å². The lowest BCUT2D eigenvalue weighted by atomic mass is 9.98. The lowest BCUT2D eigenvalue weighted by Gasteiger charge is -2.27. The van der Waals surface area contributed by atoms with Gasteiger partial charge in [-0.2, -0.15) is 11.8 Å². The number of nitrogens with two attached hydrogens (primary N) is 1. The molecule has 2 rings (SSSR count). The zero-order chi connectivity index (χ0) is 15.1. The van der Waals surface area contributed by atoms with E-state index in [-0.39, 0.29) is 24.0 Å². The second kappa shape index (κ2) is 10.2. The van der Waals surface area contributed by atoms with Gasteiger partial charge in [0.1, 0.15) is 5.75 Å². The van der Waals surface area contributed by atoms with Crippen molar-refractivity contribution < 1.29 is 4.74 Å². The predicted octanol–water partition coefficient (Wildman–Crippen LogP) is 3.17. The van der Waals surface area contributed by atoms with Crippen LogP contribution < -0.4 is 10.5 Å². The molecule has 2 N–H and O–H groups in total. The molecule has 0 aromatic heterocycles. The number of aliphatic imine (C=N–C) groups is 1. The van der Waals surface area contributed by atoms with Crippen LogP contribution in [0, 0.1) is 0 Å². The molecule has 0 bridgehead atoms. The summed E-state index contributed by atoms with van der Waals surface area (Å²) in [5.41, 5.74) is 7.38. The van der Waals surface area contributed by atoms with Gasteiger partial charge in [0.15, 0.2) is 5.96 Å². The summed E-state index contributed by atoms with van der Waals surface area (Å²) in [6.45, 7) is 5.05. The Balaban J connectivity index is 0.00000242. The number of ether oxygens (including phenoxy) is 1. The van der Waals surface area contributed by atoms with E-state index in [9.17, 15) is 0 Å². The normalized spacial score (nSPS) is 16.8. The minimum atomic E-state index is 0. The molecule has 4 nitrogen and oxygen atoms in total. The van der Waals surface area contributed by atoms with Crippen molar-refractivity contribution in [2.45, 2.75) is 19.3 Å². The number of rotatable bonds is 5. The number of thioether (sulfide) groups is 1. The predicted molar refractivity (Wildman–Crippen MR) is 107 cm³/mol. The smallest absolute Gasteiger partial charge is 0.191 e. The highest BCUT2D eigenvalue weighted by atomic mass is 127. The standard InChI is InChI=1S/C16H25N3OS.HI/c1-13(14-3-5-15(20-2)6-4-14)7-8-18-16(17)19-9-11-21-12-10-19;/h3-6,13H,7-12H2,1-2H3,(H2,17,18);1H. The Morgan fingerprint density at radius 3 is 2.55 bits per heavy atom. The summed E-state index contributed by atoms with van der Waals surface area (Å²) in [6.07, 6.45) is 1.01. The van der Waals surface area contributed by atoms with E-state index in [1.165, 1.54) is 5.56 Å². The Hall–Kier alpha value is -0.630. The zero-order valence-electron chi connectivity index (χ0n) is 13.3. The van der Waals surface area contributed by atoms with Crippen LogP contribution in [0.1, 0.15) is 24.8 Å². The first-order valence-electron chi connectivity index (χ1n) is 7.47. The molecule has 1 heterocycles. The van der Waals surface area contributed by atoms with Crippen LogP contribution in [0.3, 0.4) is 0 Å². The van der Waals surface area contributed by atoms with Crippen molar-refractivity contribution in [2.75, 3.05) is 38.2 Å². The Bertz CT molecular complexity index is 461. The van der Waals surface area contributed by atoms with Crippen LogP contribution >= 0.6 is 35.7 Å². The minimum absolute atomic E-state index is 0. The quantitative estimate of drug-likeness (QED) is 0.439. The van der Waals surface area contributed by atoms with Gasteiger partial charge in [0.25, 0.3) is 0 Å². The van der Waals surface area contributed by atoms with E-state index in [0.717, 1.165) is 43.3 Å². The highest BCUT2D eigenvalue weighted by Crippen LogP contribution is 2.21. The molecular formula is C16H26IN3OS. The molecule has 1 aliphatic rings. The third kappa shape index (κ3) is 5.87. The van der Waals surface area contributed by atoms with Crippen LogP contribution in [-0.4, -0.2) is 49.1 Å². The lowest BCUT2D eigenvalue weighted by molar-refractivity contribution is 0.414. The lowest BCUT2D eigenvalue weighted by Crippen LogP contribution is -2.42. The fraction of sp³-hybridized carbons (Fsp3) is 0.562. The fourth-order valence-corrected chi connectivity index (χ4v) is 3.27. The molecule has 0 radical (unpaired) electrons. The van der Waals surface area contributed by atoms with Crippen LogP contribution in [0.15, 0.2) is 29.3 Å². The largest absolute Gasteiger partial charge is 0.497 e. The maximum absolute atomic E-state index is 6.06. The van der Waals surface area contributed by atoms with Crippen molar-refractivity contribution in [3.05, 3.63) is 29.8 Å². The molecule has 0 saturated carbocycles. The van der Waals surface area contributed by atoms with E-state index >= 15 is 0 Å². The molecular weight excluding hydrogens is 409 g/mol. The van der Waals surface area contributed by atoms with Gasteiger partial charge in [-0.3, -0.25) is 4.99 Å². The van der Waals surface area contributed by atoms with E-state index in [0.29, 0.717) is 11.9 Å². The third-order valence-electron chi connectivity index (χ3n) is 3.86. The number of halogens is 1. The first-order valence-corrected chi connectivity index (χ1v) is 8.62. The molecule has 124 valence electrons. The van der Waals surface area contributed by atoms with E-state index in [2.05, 4.69) is 28.9 Å². The van der Waals surface area contributed by atoms with Gasteiger partial charge < -0.3 is 15.4 Å². The first kappa shape index (κ1) is 19.4. The van der Waals surface area contributed by atoms with Crippen LogP contribution in [0.25, 0.3) is 0 Å². The molecule has 0 spiro atoms. The first-order chi connectivity index (χ1) is 10.2. The van der Waals surface area contributed by atoms with Gasteiger partial charge >= 0.3 is 0 Å². The third-order valence-corrected chi connectivity index (χ3v) is 4.80. The van der Waals surface area contributed by atoms with Crippen LogP contribution in [0.4, 0.5) is 0 Å². The topological polar surface area (TPSA) is 50.9 Å². The van der Waals surface area contributed by atoms with Crippen LogP contribution in [0.2, 0.25) is 0 Å². The highest BCUT2D eigenvalue weighted by Gasteiger charge is 2.12. The summed E-state index contributed by atoms with van der Waals surface area (Å²) < 4.78 is 5.18. The van der Waals surface area contributed by atoms with Crippen LogP contribution in [0.5, 0.6) is 5.75 Å². The molecule has 1 unspecified atom stereocenters. The van der Waals surface area contributed by atoms with Gasteiger partial charge in [-0.05, 0) is 30.0 Å². The Morgan fingerprint density at radius 1 is 1.32 bits per heavy atom. The molecule has 1 fully saturated rings. The summed E-state index contributed by atoms with van der Waals surface area (Å²) >= 11 is 1.98. The van der Waals surface area contributed by atoms with Gasteiger partial charge in [0.05, 0.1) is 7.11 Å². The summed E-state index contributed by atoms with van der Waals surface area (Å²) in [5.74, 6) is 4.38. The van der Waals surface area contributed by atoms with E-state index < -0.39 is 0 Å². The number of methoxy groups -OCH3 is 1. The molecule has 0 aliphatic carbocycles. The summed E-state index contributed by atoms with van der Waals surface area (Å²) in [4.78, 5) is 6.72. The monoisotopic (exact) mass is 435 g/mol. The summed E-state index contributed by atoms with van der Waals surface area (Å²) in [6, 6.07) is 8.26. The van der Waals surface area contributed by atoms with Gasteiger partial charge in [-0.15, -0.1) is 24.0 Å². The summed E-state index contributed by atoms with van der Waals surface area (Å²) in [7, 11) is 1.69. The maximum atomic E-state index is 6.06. The molecule has 1 aromatic rings. The van der Waals surface area contributed by atoms with Crippen molar-refractivity contribution >= 4 is 41.7 Å². The molecule has 1 aromatic carbocycles. The number of nitrogens with zero attached hydrogens (tertiary/aromatic N) is 2. The number of benzene rings is 1. The molecule has 1 atom stereocenters. The van der Waals surface area contributed by atoms with Crippen molar-refractivity contribution in [3.63, 3.8) is 0 Å². The Morgan fingerprint density at radius 2 is 1.95 bits per heavy atom. The summed E-state index contributed by atoms with van der Waals surface area (Å²) in [5, 5.41) is 0. The molecule has 6 heteroatoms. The van der Waals surface area contributed by atoms with Crippen molar-refractivity contribution in [2.24, 2.45) is 10.7 Å². The fourth-order valence-electron chi connectivity index (χ4n) is 2.36.